The number of hydrogen-bond donors (Lipinski definition) is 1. The Labute approximate surface area is 205 Å². The van der Waals surface area contributed by atoms with Gasteiger partial charge in [0.15, 0.2) is 22.3 Å². The second-order valence-corrected chi connectivity index (χ2v) is 8.45. The number of halogens is 1. The number of thioether (sulfide) groups is 1. The van der Waals surface area contributed by atoms with Crippen molar-refractivity contribution in [2.45, 2.75) is 18.1 Å². The van der Waals surface area contributed by atoms with Gasteiger partial charge in [0.2, 0.25) is 5.91 Å². The number of anilines is 1. The topological polar surface area (TPSA) is 95.3 Å². The van der Waals surface area contributed by atoms with Crippen molar-refractivity contribution in [3.05, 3.63) is 82.5 Å². The molecule has 8 nitrogen and oxygen atoms in total. The summed E-state index contributed by atoms with van der Waals surface area (Å²) in [5, 5.41) is 3.50. The highest BCUT2D eigenvalue weighted by molar-refractivity contribution is 7.99. The van der Waals surface area contributed by atoms with Crippen molar-refractivity contribution in [2.75, 3.05) is 25.3 Å². The quantitative estimate of drug-likeness (QED) is 0.278. The maximum absolute atomic E-state index is 13.3. The van der Waals surface area contributed by atoms with Crippen molar-refractivity contribution in [1.29, 1.82) is 0 Å². The predicted octanol–water partition coefficient (Wildman–Crippen LogP) is 3.92. The van der Waals surface area contributed by atoms with E-state index in [1.807, 2.05) is 18.2 Å². The molecule has 0 spiro atoms. The Morgan fingerprint density at radius 3 is 2.60 bits per heavy atom. The standard InChI is InChI=1S/C25H23FN4O4S/c1-33-20-10-5-16(14-21(20)34-2)11-13-30-24(32)19-4-3-12-27-23(19)29-25(30)35-15-22(31)28-18-8-6-17(26)7-9-18/h3-10,12,14H,11,13,15H2,1-2H3,(H,28,31). The summed E-state index contributed by atoms with van der Waals surface area (Å²) in [4.78, 5) is 34.5. The molecule has 0 saturated heterocycles. The van der Waals surface area contributed by atoms with Gasteiger partial charge in [0.1, 0.15) is 5.82 Å². The molecule has 180 valence electrons. The van der Waals surface area contributed by atoms with Gasteiger partial charge in [-0.25, -0.2) is 14.4 Å². The van der Waals surface area contributed by atoms with Gasteiger partial charge in [-0.3, -0.25) is 14.2 Å². The number of benzene rings is 2. The second kappa shape index (κ2) is 11.0. The largest absolute Gasteiger partial charge is 0.493 e. The first-order valence-electron chi connectivity index (χ1n) is 10.7. The molecule has 0 atom stereocenters. The summed E-state index contributed by atoms with van der Waals surface area (Å²) in [5.41, 5.74) is 1.52. The molecule has 4 aromatic rings. The zero-order valence-electron chi connectivity index (χ0n) is 19.2. The lowest BCUT2D eigenvalue weighted by Crippen LogP contribution is -2.25. The second-order valence-electron chi connectivity index (χ2n) is 7.51. The van der Waals surface area contributed by atoms with Crippen LogP contribution in [0.2, 0.25) is 0 Å². The molecule has 0 bridgehead atoms. The third-order valence-electron chi connectivity index (χ3n) is 5.23. The van der Waals surface area contributed by atoms with Crippen LogP contribution in [0.15, 0.2) is 70.7 Å². The third-order valence-corrected chi connectivity index (χ3v) is 6.20. The van der Waals surface area contributed by atoms with E-state index in [2.05, 4.69) is 15.3 Å². The van der Waals surface area contributed by atoms with Crippen molar-refractivity contribution in [1.82, 2.24) is 14.5 Å². The van der Waals surface area contributed by atoms with Crippen LogP contribution in [0.4, 0.5) is 10.1 Å². The van der Waals surface area contributed by atoms with E-state index >= 15 is 0 Å². The molecular weight excluding hydrogens is 471 g/mol. The summed E-state index contributed by atoms with van der Waals surface area (Å²) in [5.74, 6) is 0.547. The highest BCUT2D eigenvalue weighted by Crippen LogP contribution is 2.28. The van der Waals surface area contributed by atoms with Crippen LogP contribution in [0.25, 0.3) is 11.0 Å². The minimum atomic E-state index is -0.385. The van der Waals surface area contributed by atoms with Gasteiger partial charge in [0, 0.05) is 18.4 Å². The fourth-order valence-electron chi connectivity index (χ4n) is 3.48. The van der Waals surface area contributed by atoms with Crippen molar-refractivity contribution < 1.29 is 18.7 Å². The van der Waals surface area contributed by atoms with Crippen LogP contribution in [0, 0.1) is 5.82 Å². The van der Waals surface area contributed by atoms with E-state index in [0.717, 1.165) is 17.3 Å². The van der Waals surface area contributed by atoms with Gasteiger partial charge in [-0.1, -0.05) is 17.8 Å². The first kappa shape index (κ1) is 24.2. The van der Waals surface area contributed by atoms with Crippen LogP contribution in [-0.2, 0) is 17.8 Å². The number of aromatic nitrogens is 3. The molecule has 10 heteroatoms. The number of rotatable bonds is 9. The molecule has 0 aliphatic carbocycles. The number of methoxy groups -OCH3 is 2. The zero-order valence-corrected chi connectivity index (χ0v) is 20.0. The minimum Gasteiger partial charge on any atom is -0.493 e. The summed E-state index contributed by atoms with van der Waals surface area (Å²) in [6.45, 7) is 0.341. The van der Waals surface area contributed by atoms with Crippen LogP contribution >= 0.6 is 11.8 Å². The maximum Gasteiger partial charge on any atom is 0.263 e. The van der Waals surface area contributed by atoms with Gasteiger partial charge in [0.25, 0.3) is 5.56 Å². The molecule has 1 amide bonds. The fourth-order valence-corrected chi connectivity index (χ4v) is 4.29. The fraction of sp³-hybridized carbons (Fsp3) is 0.200. The van der Waals surface area contributed by atoms with Crippen LogP contribution < -0.4 is 20.3 Å². The Kier molecular flexibility index (Phi) is 7.61. The lowest BCUT2D eigenvalue weighted by atomic mass is 10.1. The first-order valence-corrected chi connectivity index (χ1v) is 11.7. The Morgan fingerprint density at radius 1 is 1.09 bits per heavy atom. The summed E-state index contributed by atoms with van der Waals surface area (Å²) >= 11 is 1.14. The Morgan fingerprint density at radius 2 is 1.86 bits per heavy atom. The predicted molar refractivity (Wildman–Crippen MR) is 133 cm³/mol. The van der Waals surface area contributed by atoms with Gasteiger partial charge < -0.3 is 14.8 Å². The van der Waals surface area contributed by atoms with Crippen LogP contribution in [0.3, 0.4) is 0 Å². The Bertz CT molecular complexity index is 1410. The van der Waals surface area contributed by atoms with Crippen LogP contribution in [0.1, 0.15) is 5.56 Å². The molecule has 0 aliphatic heterocycles. The number of amides is 1. The zero-order chi connectivity index (χ0) is 24.8. The number of hydrogen-bond acceptors (Lipinski definition) is 7. The molecule has 1 N–H and O–H groups in total. The Balaban J connectivity index is 1.56. The maximum atomic E-state index is 13.3. The third kappa shape index (κ3) is 5.78. The number of nitrogens with zero attached hydrogens (tertiary/aromatic N) is 3. The summed E-state index contributed by atoms with van der Waals surface area (Å²) < 4.78 is 25.3. The number of nitrogens with one attached hydrogen (secondary N) is 1. The summed E-state index contributed by atoms with van der Waals surface area (Å²) in [6, 6.07) is 14.5. The molecule has 0 fully saturated rings. The first-order chi connectivity index (χ1) is 17.0. The van der Waals surface area contributed by atoms with E-state index < -0.39 is 0 Å². The molecule has 2 aromatic heterocycles. The van der Waals surface area contributed by atoms with Crippen molar-refractivity contribution in [3.8, 4) is 11.5 Å². The monoisotopic (exact) mass is 494 g/mol. The van der Waals surface area contributed by atoms with Crippen LogP contribution in [-0.4, -0.2) is 40.4 Å². The molecular formula is C25H23FN4O4S. The molecule has 0 radical (unpaired) electrons. The molecule has 0 saturated carbocycles. The SMILES string of the molecule is COc1ccc(CCn2c(SCC(=O)Nc3ccc(F)cc3)nc3ncccc3c2=O)cc1OC. The van der Waals surface area contributed by atoms with Gasteiger partial charge >= 0.3 is 0 Å². The molecule has 2 aromatic carbocycles. The lowest BCUT2D eigenvalue weighted by molar-refractivity contribution is -0.113. The number of aryl methyl sites for hydroxylation is 1. The van der Waals surface area contributed by atoms with Crippen molar-refractivity contribution in [2.24, 2.45) is 0 Å². The summed E-state index contributed by atoms with van der Waals surface area (Å²) in [7, 11) is 3.14. The van der Waals surface area contributed by atoms with E-state index in [-0.39, 0.29) is 23.0 Å². The average Bonchev–Trinajstić information content (AvgIpc) is 2.88. The van der Waals surface area contributed by atoms with E-state index in [1.165, 1.54) is 24.3 Å². The summed E-state index contributed by atoms with van der Waals surface area (Å²) in [6.07, 6.45) is 2.10. The highest BCUT2D eigenvalue weighted by Gasteiger charge is 2.15. The van der Waals surface area contributed by atoms with Gasteiger partial charge in [-0.05, 0) is 60.5 Å². The number of pyridine rings is 1. The molecule has 0 aliphatic rings. The smallest absolute Gasteiger partial charge is 0.263 e. The number of ether oxygens (including phenoxy) is 2. The highest BCUT2D eigenvalue weighted by atomic mass is 32.2. The minimum absolute atomic E-state index is 0.0124. The molecule has 2 heterocycles. The van der Waals surface area contributed by atoms with Gasteiger partial charge in [-0.15, -0.1) is 0 Å². The van der Waals surface area contributed by atoms with Crippen molar-refractivity contribution in [3.63, 3.8) is 0 Å². The van der Waals surface area contributed by atoms with Crippen LogP contribution in [0.5, 0.6) is 11.5 Å². The number of fused-ring (bicyclic) bond motifs is 1. The van der Waals surface area contributed by atoms with E-state index in [9.17, 15) is 14.0 Å². The average molecular weight is 495 g/mol. The Hall–Kier alpha value is -3.92. The number of carbonyl (C=O) groups is 1. The molecule has 0 unspecified atom stereocenters. The van der Waals surface area contributed by atoms with E-state index in [4.69, 9.17) is 9.47 Å². The molecule has 35 heavy (non-hydrogen) atoms. The van der Waals surface area contributed by atoms with Gasteiger partial charge in [-0.2, -0.15) is 0 Å². The van der Waals surface area contributed by atoms with Gasteiger partial charge in [0.05, 0.1) is 25.4 Å². The van der Waals surface area contributed by atoms with E-state index in [0.29, 0.717) is 46.3 Å². The van der Waals surface area contributed by atoms with Crippen molar-refractivity contribution >= 4 is 34.4 Å². The lowest BCUT2D eigenvalue weighted by Gasteiger charge is -2.14. The normalized spacial score (nSPS) is 10.8. The van der Waals surface area contributed by atoms with E-state index in [1.54, 1.807) is 37.1 Å². The molecule has 4 rings (SSSR count). The number of carbonyl (C=O) groups excluding carboxylic acids is 1.